The maximum Gasteiger partial charge on any atom is 0.241 e. The van der Waals surface area contributed by atoms with E-state index >= 15 is 0 Å². The Kier molecular flexibility index (Phi) is 8.24. The molecule has 0 spiro atoms. The summed E-state index contributed by atoms with van der Waals surface area (Å²) in [6.07, 6.45) is 4.42. The van der Waals surface area contributed by atoms with Gasteiger partial charge in [-0.15, -0.1) is 0 Å². The third-order valence-electron chi connectivity index (χ3n) is 5.26. The van der Waals surface area contributed by atoms with E-state index in [1.165, 1.54) is 29.8 Å². The van der Waals surface area contributed by atoms with Gasteiger partial charge in [0.2, 0.25) is 10.0 Å². The van der Waals surface area contributed by atoms with Crippen LogP contribution >= 0.6 is 11.6 Å². The lowest BCUT2D eigenvalue weighted by Crippen LogP contribution is -2.29. The van der Waals surface area contributed by atoms with Crippen molar-refractivity contribution in [1.82, 2.24) is 4.72 Å². The normalized spacial score (nSPS) is 12.6. The van der Waals surface area contributed by atoms with Gasteiger partial charge in [0.25, 0.3) is 0 Å². The quantitative estimate of drug-likeness (QED) is 0.377. The van der Waals surface area contributed by atoms with E-state index in [1.54, 1.807) is 24.3 Å². The highest BCUT2D eigenvalue weighted by Gasteiger charge is 2.21. The van der Waals surface area contributed by atoms with Gasteiger partial charge in [0, 0.05) is 11.1 Å². The summed E-state index contributed by atoms with van der Waals surface area (Å²) in [6, 6.07) is 20.1. The van der Waals surface area contributed by atoms with Crippen molar-refractivity contribution in [2.24, 2.45) is 0 Å². The number of aryl methyl sites for hydroxylation is 2. The zero-order chi connectivity index (χ0) is 22.3. The highest BCUT2D eigenvalue weighted by molar-refractivity contribution is 7.89. The monoisotopic (exact) mass is 459 g/mol. The number of hydrogen-bond acceptors (Lipinski definition) is 2. The molecule has 0 aliphatic carbocycles. The topological polar surface area (TPSA) is 46.2 Å². The second-order valence-electron chi connectivity index (χ2n) is 7.64. The van der Waals surface area contributed by atoms with Gasteiger partial charge in [0.15, 0.2) is 0 Å². The molecule has 0 heterocycles. The molecule has 0 fully saturated rings. The van der Waals surface area contributed by atoms with Gasteiger partial charge in [-0.2, -0.15) is 0 Å². The van der Waals surface area contributed by atoms with Crippen LogP contribution in [0.1, 0.15) is 48.9 Å². The number of sulfonamides is 1. The molecule has 1 N–H and O–H groups in total. The van der Waals surface area contributed by atoms with Crippen molar-refractivity contribution in [2.45, 2.75) is 50.0 Å². The van der Waals surface area contributed by atoms with Gasteiger partial charge in [0.1, 0.15) is 5.82 Å². The second kappa shape index (κ2) is 10.9. The SMILES string of the molecule is CCCCc1ccc(C(CCc2ccc(F)cc2)NS(=O)(=O)c2ccc(Cl)cc2)cc1. The first kappa shape index (κ1) is 23.5. The number of halogens is 2. The van der Waals surface area contributed by atoms with Gasteiger partial charge in [-0.25, -0.2) is 17.5 Å². The van der Waals surface area contributed by atoms with Gasteiger partial charge in [-0.05, 0) is 78.8 Å². The molecule has 0 amide bonds. The van der Waals surface area contributed by atoms with Crippen LogP contribution in [-0.4, -0.2) is 8.42 Å². The summed E-state index contributed by atoms with van der Waals surface area (Å²) >= 11 is 5.90. The molecular formula is C25H27ClFNO2S. The zero-order valence-electron chi connectivity index (χ0n) is 17.5. The van der Waals surface area contributed by atoms with E-state index in [0.717, 1.165) is 30.4 Å². The summed E-state index contributed by atoms with van der Waals surface area (Å²) in [5.41, 5.74) is 3.10. The van der Waals surface area contributed by atoms with E-state index in [-0.39, 0.29) is 10.7 Å². The molecule has 3 nitrogen and oxygen atoms in total. The van der Waals surface area contributed by atoms with Crippen molar-refractivity contribution < 1.29 is 12.8 Å². The fourth-order valence-electron chi connectivity index (χ4n) is 3.42. The number of nitrogens with one attached hydrogen (secondary N) is 1. The lowest BCUT2D eigenvalue weighted by Gasteiger charge is -2.20. The molecule has 6 heteroatoms. The number of rotatable bonds is 10. The highest BCUT2D eigenvalue weighted by atomic mass is 35.5. The maximum absolute atomic E-state index is 13.2. The highest BCUT2D eigenvalue weighted by Crippen LogP contribution is 2.24. The Bertz CT molecular complexity index is 1070. The zero-order valence-corrected chi connectivity index (χ0v) is 19.1. The molecule has 3 aromatic rings. The Labute approximate surface area is 189 Å². The van der Waals surface area contributed by atoms with Crippen molar-refractivity contribution in [3.63, 3.8) is 0 Å². The van der Waals surface area contributed by atoms with Crippen molar-refractivity contribution in [3.05, 3.63) is 100 Å². The fourth-order valence-corrected chi connectivity index (χ4v) is 4.81. The summed E-state index contributed by atoms with van der Waals surface area (Å²) in [4.78, 5) is 0.170. The number of unbranched alkanes of at least 4 members (excludes halogenated alkanes) is 1. The van der Waals surface area contributed by atoms with E-state index in [9.17, 15) is 12.8 Å². The van der Waals surface area contributed by atoms with Crippen LogP contribution in [0.5, 0.6) is 0 Å². The van der Waals surface area contributed by atoms with Gasteiger partial charge in [0.05, 0.1) is 4.90 Å². The molecule has 164 valence electrons. The summed E-state index contributed by atoms with van der Waals surface area (Å²) in [7, 11) is -3.73. The lowest BCUT2D eigenvalue weighted by molar-refractivity contribution is 0.539. The third kappa shape index (κ3) is 6.89. The Morgan fingerprint density at radius 3 is 2.06 bits per heavy atom. The van der Waals surface area contributed by atoms with Crippen LogP contribution in [0, 0.1) is 5.82 Å². The Morgan fingerprint density at radius 1 is 0.871 bits per heavy atom. The van der Waals surface area contributed by atoms with E-state index in [0.29, 0.717) is 17.9 Å². The molecule has 1 atom stereocenters. The predicted molar refractivity (Wildman–Crippen MR) is 124 cm³/mol. The second-order valence-corrected chi connectivity index (χ2v) is 9.79. The molecule has 0 aliphatic rings. The first-order valence-electron chi connectivity index (χ1n) is 10.5. The number of hydrogen-bond donors (Lipinski definition) is 1. The van der Waals surface area contributed by atoms with Gasteiger partial charge >= 0.3 is 0 Å². The molecule has 1 unspecified atom stereocenters. The van der Waals surface area contributed by atoms with Crippen LogP contribution in [0.3, 0.4) is 0 Å². The van der Waals surface area contributed by atoms with Crippen molar-refractivity contribution in [1.29, 1.82) is 0 Å². The smallest absolute Gasteiger partial charge is 0.207 e. The molecule has 0 aromatic heterocycles. The first-order chi connectivity index (χ1) is 14.9. The molecule has 0 saturated heterocycles. The third-order valence-corrected chi connectivity index (χ3v) is 7.00. The van der Waals surface area contributed by atoms with E-state index in [1.807, 2.05) is 12.1 Å². The van der Waals surface area contributed by atoms with Gasteiger partial charge < -0.3 is 0 Å². The van der Waals surface area contributed by atoms with Crippen LogP contribution in [0.2, 0.25) is 5.02 Å². The van der Waals surface area contributed by atoms with Crippen LogP contribution in [0.4, 0.5) is 4.39 Å². The summed E-state index contributed by atoms with van der Waals surface area (Å²) in [5.74, 6) is -0.286. The average molecular weight is 460 g/mol. The maximum atomic E-state index is 13.2. The minimum Gasteiger partial charge on any atom is -0.207 e. The Balaban J connectivity index is 1.82. The van der Waals surface area contributed by atoms with Crippen molar-refractivity contribution in [3.8, 4) is 0 Å². The summed E-state index contributed by atoms with van der Waals surface area (Å²) < 4.78 is 42.0. The molecule has 0 saturated carbocycles. The first-order valence-corrected chi connectivity index (χ1v) is 12.3. The van der Waals surface area contributed by atoms with Crippen LogP contribution in [0.25, 0.3) is 0 Å². The van der Waals surface area contributed by atoms with Crippen molar-refractivity contribution in [2.75, 3.05) is 0 Å². The van der Waals surface area contributed by atoms with Gasteiger partial charge in [-0.3, -0.25) is 0 Å². The fraction of sp³-hybridized carbons (Fsp3) is 0.280. The van der Waals surface area contributed by atoms with E-state index < -0.39 is 16.1 Å². The molecule has 0 aliphatic heterocycles. The minimum atomic E-state index is -3.73. The molecule has 31 heavy (non-hydrogen) atoms. The molecule has 3 rings (SSSR count). The largest absolute Gasteiger partial charge is 0.241 e. The molecular weight excluding hydrogens is 433 g/mol. The predicted octanol–water partition coefficient (Wildman–Crippen LogP) is 6.47. The van der Waals surface area contributed by atoms with Crippen molar-refractivity contribution >= 4 is 21.6 Å². The van der Waals surface area contributed by atoms with Crippen LogP contribution in [-0.2, 0) is 22.9 Å². The summed E-state index contributed by atoms with van der Waals surface area (Å²) in [6.45, 7) is 2.16. The average Bonchev–Trinajstić information content (AvgIpc) is 2.77. The van der Waals surface area contributed by atoms with E-state index in [2.05, 4.69) is 23.8 Å². The Morgan fingerprint density at radius 2 is 1.45 bits per heavy atom. The molecule has 3 aromatic carbocycles. The van der Waals surface area contributed by atoms with E-state index in [4.69, 9.17) is 11.6 Å². The summed E-state index contributed by atoms with van der Waals surface area (Å²) in [5, 5.41) is 0.481. The standard InChI is InChI=1S/C25H27ClFNO2S/c1-2-3-4-19-5-10-21(11-6-19)25(18-9-20-7-14-23(27)15-8-20)28-31(29,30)24-16-12-22(26)13-17-24/h5-8,10-17,25,28H,2-4,9,18H2,1H3. The lowest BCUT2D eigenvalue weighted by atomic mass is 9.98. The van der Waals surface area contributed by atoms with Crippen LogP contribution < -0.4 is 4.72 Å². The number of benzene rings is 3. The minimum absolute atomic E-state index is 0.170. The van der Waals surface area contributed by atoms with Gasteiger partial charge in [-0.1, -0.05) is 61.3 Å². The van der Waals surface area contributed by atoms with Crippen LogP contribution in [0.15, 0.2) is 77.7 Å². The molecule has 0 bridgehead atoms. The Hall–Kier alpha value is -2.21. The molecule has 0 radical (unpaired) electrons.